The summed E-state index contributed by atoms with van der Waals surface area (Å²) in [6.07, 6.45) is 2.76. The molecule has 1 fully saturated rings. The minimum atomic E-state index is -0.668. The third-order valence-corrected chi connectivity index (χ3v) is 3.28. The summed E-state index contributed by atoms with van der Waals surface area (Å²) in [7, 11) is 0. The number of nitrogens with one attached hydrogen (secondary N) is 1. The monoisotopic (exact) mass is 255 g/mol. The average Bonchev–Trinajstić information content (AvgIpc) is 2.66. The summed E-state index contributed by atoms with van der Waals surface area (Å²) in [6.45, 7) is 4.06. The summed E-state index contributed by atoms with van der Waals surface area (Å²) in [5.74, 6) is 0.340. The van der Waals surface area contributed by atoms with Crippen LogP contribution in [0.25, 0.3) is 0 Å². The highest BCUT2D eigenvalue weighted by Gasteiger charge is 2.20. The summed E-state index contributed by atoms with van der Waals surface area (Å²) in [6, 6.07) is 0. The molecule has 92 valence electrons. The molecule has 0 radical (unpaired) electrons. The van der Waals surface area contributed by atoms with Gasteiger partial charge in [-0.05, 0) is 13.3 Å². The van der Waals surface area contributed by atoms with E-state index in [-0.39, 0.29) is 0 Å². The Balaban J connectivity index is 2.09. The van der Waals surface area contributed by atoms with E-state index in [1.54, 1.807) is 17.5 Å². The van der Waals surface area contributed by atoms with Crippen molar-refractivity contribution in [2.45, 2.75) is 19.9 Å². The first-order chi connectivity index (χ1) is 8.15. The summed E-state index contributed by atoms with van der Waals surface area (Å²) < 4.78 is 0. The van der Waals surface area contributed by atoms with Gasteiger partial charge in [-0.3, -0.25) is 0 Å². The molecular weight excluding hydrogens is 242 g/mol. The fourth-order valence-corrected chi connectivity index (χ4v) is 2.49. The number of hydrazone groups is 1. The van der Waals surface area contributed by atoms with E-state index in [4.69, 9.17) is 0 Å². The number of aromatic nitrogens is 1. The quantitative estimate of drug-likeness (QED) is 0.638. The molecule has 1 aliphatic heterocycles. The number of nitrogens with zero attached hydrogens (tertiary/aromatic N) is 4. The number of nitro groups is 1. The van der Waals surface area contributed by atoms with Crippen LogP contribution in [0, 0.1) is 17.0 Å². The second-order valence-corrected chi connectivity index (χ2v) is 5.03. The summed E-state index contributed by atoms with van der Waals surface area (Å²) in [5.41, 5.74) is 0. The van der Waals surface area contributed by atoms with Gasteiger partial charge in [0.05, 0.1) is 11.6 Å². The van der Waals surface area contributed by atoms with E-state index in [2.05, 4.69) is 15.4 Å². The van der Waals surface area contributed by atoms with Crippen LogP contribution in [0.5, 0.6) is 0 Å². The van der Waals surface area contributed by atoms with Crippen molar-refractivity contribution in [2.75, 3.05) is 13.1 Å². The number of aryl methyl sites for hydroxylation is 1. The topological polar surface area (TPSA) is 83.7 Å². The van der Waals surface area contributed by atoms with Crippen LogP contribution in [0.15, 0.2) is 11.3 Å². The van der Waals surface area contributed by atoms with E-state index in [1.807, 2.05) is 11.8 Å². The lowest BCUT2D eigenvalue weighted by Gasteiger charge is -2.28. The highest BCUT2D eigenvalue weighted by molar-refractivity contribution is 7.11. The van der Waals surface area contributed by atoms with Gasteiger partial charge in [0.25, 0.3) is 5.96 Å². The Morgan fingerprint density at radius 3 is 3.24 bits per heavy atom. The first kappa shape index (κ1) is 11.8. The SMILES string of the molecule is Cc1ncc(CN2CCCNC2=N[N+](=O)[O-])s1. The van der Waals surface area contributed by atoms with Crippen LogP contribution in [0.1, 0.15) is 16.3 Å². The van der Waals surface area contributed by atoms with E-state index in [1.165, 1.54) is 0 Å². The van der Waals surface area contributed by atoms with Crippen molar-refractivity contribution in [3.05, 3.63) is 26.2 Å². The van der Waals surface area contributed by atoms with Crippen molar-refractivity contribution in [3.63, 3.8) is 0 Å². The Hall–Kier alpha value is -1.70. The van der Waals surface area contributed by atoms with Crippen LogP contribution in [0.4, 0.5) is 0 Å². The van der Waals surface area contributed by atoms with Crippen molar-refractivity contribution in [3.8, 4) is 0 Å². The Morgan fingerprint density at radius 2 is 2.59 bits per heavy atom. The Bertz CT molecular complexity index is 444. The molecular formula is C9H13N5O2S. The van der Waals surface area contributed by atoms with Crippen LogP contribution in [0.3, 0.4) is 0 Å². The standard InChI is InChI=1S/C9H13N5O2S/c1-7-11-5-8(17-7)6-13-4-2-3-10-9(13)12-14(15)16/h5H,2-4,6H2,1H3,(H,10,12). The molecule has 2 heterocycles. The molecule has 0 spiro atoms. The molecule has 1 aromatic rings. The normalized spacial score (nSPS) is 18.2. The van der Waals surface area contributed by atoms with Crippen LogP contribution < -0.4 is 5.32 Å². The molecule has 1 N–H and O–H groups in total. The number of guanidine groups is 1. The average molecular weight is 255 g/mol. The van der Waals surface area contributed by atoms with Gasteiger partial charge >= 0.3 is 0 Å². The zero-order valence-corrected chi connectivity index (χ0v) is 10.2. The van der Waals surface area contributed by atoms with Crippen LogP contribution >= 0.6 is 11.3 Å². The zero-order valence-electron chi connectivity index (χ0n) is 9.42. The Morgan fingerprint density at radius 1 is 1.76 bits per heavy atom. The fraction of sp³-hybridized carbons (Fsp3) is 0.556. The number of thiazole rings is 1. The fourth-order valence-electron chi connectivity index (χ4n) is 1.68. The van der Waals surface area contributed by atoms with Crippen LogP contribution in [-0.4, -0.2) is 34.0 Å². The molecule has 0 bridgehead atoms. The van der Waals surface area contributed by atoms with E-state index >= 15 is 0 Å². The molecule has 8 heteroatoms. The molecule has 17 heavy (non-hydrogen) atoms. The molecule has 7 nitrogen and oxygen atoms in total. The second kappa shape index (κ2) is 5.09. The number of hydrogen-bond donors (Lipinski definition) is 1. The predicted octanol–water partition coefficient (Wildman–Crippen LogP) is 0.795. The van der Waals surface area contributed by atoms with Crippen molar-refractivity contribution < 1.29 is 5.03 Å². The summed E-state index contributed by atoms with van der Waals surface area (Å²) in [4.78, 5) is 17.5. The summed E-state index contributed by atoms with van der Waals surface area (Å²) in [5, 5.41) is 17.0. The van der Waals surface area contributed by atoms with Gasteiger partial charge in [-0.15, -0.1) is 11.3 Å². The highest BCUT2D eigenvalue weighted by atomic mass is 32.1. The molecule has 1 saturated heterocycles. The van der Waals surface area contributed by atoms with Gasteiger partial charge in [-0.25, -0.2) is 15.1 Å². The lowest BCUT2D eigenvalue weighted by atomic mass is 10.3. The van der Waals surface area contributed by atoms with Crippen molar-refractivity contribution >= 4 is 17.3 Å². The molecule has 0 saturated carbocycles. The van der Waals surface area contributed by atoms with Crippen LogP contribution in [0.2, 0.25) is 0 Å². The van der Waals surface area contributed by atoms with Gasteiger partial charge in [0.15, 0.2) is 5.03 Å². The second-order valence-electron chi connectivity index (χ2n) is 3.71. The highest BCUT2D eigenvalue weighted by Crippen LogP contribution is 2.15. The van der Waals surface area contributed by atoms with E-state index in [0.717, 1.165) is 29.4 Å². The van der Waals surface area contributed by atoms with E-state index < -0.39 is 5.03 Å². The summed E-state index contributed by atoms with van der Waals surface area (Å²) >= 11 is 1.60. The molecule has 0 aliphatic carbocycles. The minimum absolute atomic E-state index is 0.340. The van der Waals surface area contributed by atoms with Gasteiger partial charge in [0.1, 0.15) is 5.10 Å². The zero-order chi connectivity index (χ0) is 12.3. The largest absolute Gasteiger partial charge is 0.351 e. The Kier molecular flexibility index (Phi) is 3.52. The molecule has 1 aliphatic rings. The molecule has 0 atom stereocenters. The van der Waals surface area contributed by atoms with Gasteiger partial charge in [0, 0.05) is 24.2 Å². The predicted molar refractivity (Wildman–Crippen MR) is 64.3 cm³/mol. The molecule has 1 aromatic heterocycles. The molecule has 2 rings (SSSR count). The van der Waals surface area contributed by atoms with Gasteiger partial charge in [-0.1, -0.05) is 0 Å². The third-order valence-electron chi connectivity index (χ3n) is 2.38. The lowest BCUT2D eigenvalue weighted by molar-refractivity contribution is -0.486. The number of hydrogen-bond acceptors (Lipinski definition) is 4. The molecule has 0 unspecified atom stereocenters. The third kappa shape index (κ3) is 3.13. The van der Waals surface area contributed by atoms with Crippen molar-refractivity contribution in [1.82, 2.24) is 15.2 Å². The van der Waals surface area contributed by atoms with Gasteiger partial charge in [0.2, 0.25) is 0 Å². The van der Waals surface area contributed by atoms with E-state index in [9.17, 15) is 10.1 Å². The van der Waals surface area contributed by atoms with Crippen molar-refractivity contribution in [1.29, 1.82) is 0 Å². The first-order valence-corrected chi connectivity index (χ1v) is 6.10. The maximum absolute atomic E-state index is 10.4. The van der Waals surface area contributed by atoms with Crippen molar-refractivity contribution in [2.24, 2.45) is 5.10 Å². The van der Waals surface area contributed by atoms with Crippen LogP contribution in [-0.2, 0) is 6.54 Å². The van der Waals surface area contributed by atoms with Gasteiger partial charge < -0.3 is 10.2 Å². The molecule has 0 amide bonds. The first-order valence-electron chi connectivity index (χ1n) is 5.28. The Labute approximate surface area is 102 Å². The maximum Gasteiger partial charge on any atom is 0.271 e. The molecule has 0 aromatic carbocycles. The maximum atomic E-state index is 10.4. The van der Waals surface area contributed by atoms with Gasteiger partial charge in [-0.2, -0.15) is 0 Å². The lowest BCUT2D eigenvalue weighted by Crippen LogP contribution is -2.47. The van der Waals surface area contributed by atoms with E-state index in [0.29, 0.717) is 12.5 Å². The number of rotatable bonds is 3. The smallest absolute Gasteiger partial charge is 0.271 e. The minimum Gasteiger partial charge on any atom is -0.351 e.